The van der Waals surface area contributed by atoms with Crippen molar-refractivity contribution >= 4 is 24.2 Å². The molecule has 1 fully saturated rings. The second-order valence-corrected chi connectivity index (χ2v) is 5.12. The Labute approximate surface area is 134 Å². The van der Waals surface area contributed by atoms with E-state index in [1.807, 2.05) is 25.3 Å². The standard InChI is InChI=1S/C16H16FNO.CH4N2O/c1-18-16-4-2-3-14(11-5-6-11)15(16)8-7-13-9-12(17)10-19-13;2-3-1-4/h2-4,7-11,18H,5-6H2,1H3;1H,2H2,(H,3,4)/b8-7+;. The number of anilines is 1. The van der Waals surface area contributed by atoms with Crippen molar-refractivity contribution in [2.24, 2.45) is 5.84 Å². The summed E-state index contributed by atoms with van der Waals surface area (Å²) in [5, 5.41) is 3.20. The second kappa shape index (κ2) is 8.14. The molecule has 122 valence electrons. The predicted octanol–water partition coefficient (Wildman–Crippen LogP) is 3.11. The molecule has 1 aromatic heterocycles. The maximum absolute atomic E-state index is 12.9. The number of furan rings is 1. The molecule has 1 aliphatic rings. The number of nitrogens with two attached hydrogens (primary N) is 1. The van der Waals surface area contributed by atoms with Crippen molar-refractivity contribution in [2.45, 2.75) is 18.8 Å². The Morgan fingerprint density at radius 2 is 2.09 bits per heavy atom. The minimum absolute atomic E-state index is 0.344. The highest BCUT2D eigenvalue weighted by Gasteiger charge is 2.26. The van der Waals surface area contributed by atoms with Crippen LogP contribution in [-0.2, 0) is 4.79 Å². The molecule has 6 heteroatoms. The predicted molar refractivity (Wildman–Crippen MR) is 88.9 cm³/mol. The highest BCUT2D eigenvalue weighted by atomic mass is 19.1. The molecule has 2 aromatic rings. The lowest BCUT2D eigenvalue weighted by Crippen LogP contribution is -2.18. The Bertz CT molecular complexity index is 678. The first-order valence-corrected chi connectivity index (χ1v) is 7.32. The normalized spacial score (nSPS) is 13.3. The van der Waals surface area contributed by atoms with E-state index in [4.69, 9.17) is 9.21 Å². The van der Waals surface area contributed by atoms with Crippen LogP contribution in [0, 0.1) is 5.82 Å². The number of hydrazine groups is 1. The van der Waals surface area contributed by atoms with E-state index >= 15 is 0 Å². The van der Waals surface area contributed by atoms with Crippen LogP contribution in [0.25, 0.3) is 12.2 Å². The van der Waals surface area contributed by atoms with E-state index < -0.39 is 0 Å². The van der Waals surface area contributed by atoms with Gasteiger partial charge in [0.2, 0.25) is 6.41 Å². The largest absolute Gasteiger partial charge is 0.462 e. The van der Waals surface area contributed by atoms with Gasteiger partial charge in [-0.2, -0.15) is 0 Å². The van der Waals surface area contributed by atoms with E-state index in [9.17, 15) is 4.39 Å². The smallest absolute Gasteiger partial charge is 0.221 e. The van der Waals surface area contributed by atoms with E-state index in [1.165, 1.54) is 30.0 Å². The third-order valence-electron chi connectivity index (χ3n) is 3.50. The number of halogens is 1. The molecular formula is C17H20FN3O2. The van der Waals surface area contributed by atoms with Crippen molar-refractivity contribution in [3.8, 4) is 0 Å². The lowest BCUT2D eigenvalue weighted by molar-refractivity contribution is -0.109. The van der Waals surface area contributed by atoms with Gasteiger partial charge in [-0.05, 0) is 42.5 Å². The van der Waals surface area contributed by atoms with Gasteiger partial charge in [-0.15, -0.1) is 0 Å². The molecule has 1 aliphatic carbocycles. The monoisotopic (exact) mass is 317 g/mol. The van der Waals surface area contributed by atoms with Crippen LogP contribution in [0.3, 0.4) is 0 Å². The van der Waals surface area contributed by atoms with Gasteiger partial charge in [-0.25, -0.2) is 10.2 Å². The zero-order chi connectivity index (χ0) is 16.7. The molecule has 1 aromatic carbocycles. The van der Waals surface area contributed by atoms with Crippen LogP contribution >= 0.6 is 0 Å². The Morgan fingerprint density at radius 1 is 1.35 bits per heavy atom. The quantitative estimate of drug-likeness (QED) is 0.342. The fourth-order valence-electron chi connectivity index (χ4n) is 2.32. The Balaban J connectivity index is 0.000000433. The average Bonchev–Trinajstić information content (AvgIpc) is 3.35. The zero-order valence-corrected chi connectivity index (χ0v) is 12.9. The molecule has 0 saturated heterocycles. The number of benzene rings is 1. The summed E-state index contributed by atoms with van der Waals surface area (Å²) in [6, 6.07) is 7.67. The first kappa shape index (κ1) is 16.8. The highest BCUT2D eigenvalue weighted by molar-refractivity contribution is 5.78. The Morgan fingerprint density at radius 3 is 2.61 bits per heavy atom. The summed E-state index contributed by atoms with van der Waals surface area (Å²) in [4.78, 5) is 8.94. The molecule has 0 radical (unpaired) electrons. The van der Waals surface area contributed by atoms with Crippen molar-refractivity contribution in [1.29, 1.82) is 0 Å². The van der Waals surface area contributed by atoms with Gasteiger partial charge in [0.05, 0.1) is 0 Å². The molecule has 0 aliphatic heterocycles. The van der Waals surface area contributed by atoms with Crippen LogP contribution in [-0.4, -0.2) is 13.5 Å². The van der Waals surface area contributed by atoms with Crippen LogP contribution in [0.4, 0.5) is 10.1 Å². The van der Waals surface area contributed by atoms with Gasteiger partial charge in [-0.3, -0.25) is 10.2 Å². The Hall–Kier alpha value is -2.60. The van der Waals surface area contributed by atoms with E-state index in [2.05, 4.69) is 23.3 Å². The second-order valence-electron chi connectivity index (χ2n) is 5.12. The van der Waals surface area contributed by atoms with Crippen LogP contribution in [0.1, 0.15) is 35.6 Å². The van der Waals surface area contributed by atoms with Crippen molar-refractivity contribution in [1.82, 2.24) is 5.43 Å². The third-order valence-corrected chi connectivity index (χ3v) is 3.50. The van der Waals surface area contributed by atoms with Gasteiger partial charge >= 0.3 is 0 Å². The molecule has 0 bridgehead atoms. The van der Waals surface area contributed by atoms with Gasteiger partial charge in [0.1, 0.15) is 12.0 Å². The SMILES string of the molecule is CNc1cccc(C2CC2)c1/C=C/c1cc(F)co1.NNC=O. The first-order valence-electron chi connectivity index (χ1n) is 7.32. The zero-order valence-electron chi connectivity index (χ0n) is 12.9. The minimum atomic E-state index is -0.344. The van der Waals surface area contributed by atoms with Crippen molar-refractivity contribution in [3.05, 3.63) is 53.2 Å². The summed E-state index contributed by atoms with van der Waals surface area (Å²) < 4.78 is 18.0. The molecule has 1 amide bonds. The summed E-state index contributed by atoms with van der Waals surface area (Å²) in [5.74, 6) is 5.27. The Kier molecular flexibility index (Phi) is 5.94. The maximum atomic E-state index is 12.9. The van der Waals surface area contributed by atoms with E-state index in [0.717, 1.165) is 12.0 Å². The number of nitrogens with one attached hydrogen (secondary N) is 2. The van der Waals surface area contributed by atoms with Crippen molar-refractivity contribution in [3.63, 3.8) is 0 Å². The molecule has 0 unspecified atom stereocenters. The maximum Gasteiger partial charge on any atom is 0.221 e. The van der Waals surface area contributed by atoms with Gasteiger partial charge in [-0.1, -0.05) is 12.1 Å². The van der Waals surface area contributed by atoms with Crippen LogP contribution in [0.5, 0.6) is 0 Å². The molecule has 0 atom stereocenters. The van der Waals surface area contributed by atoms with Crippen molar-refractivity contribution < 1.29 is 13.6 Å². The molecule has 23 heavy (non-hydrogen) atoms. The fraction of sp³-hybridized carbons (Fsp3) is 0.235. The van der Waals surface area contributed by atoms with Gasteiger partial charge in [0, 0.05) is 24.4 Å². The topological polar surface area (TPSA) is 80.3 Å². The number of rotatable bonds is 5. The summed E-state index contributed by atoms with van der Waals surface area (Å²) in [5.41, 5.74) is 5.37. The van der Waals surface area contributed by atoms with Gasteiger partial charge in [0.15, 0.2) is 5.82 Å². The number of carbonyl (C=O) groups is 1. The number of carbonyl (C=O) groups excluding carboxylic acids is 1. The average molecular weight is 317 g/mol. The lowest BCUT2D eigenvalue weighted by atomic mass is 10.0. The summed E-state index contributed by atoms with van der Waals surface area (Å²) in [7, 11) is 1.91. The van der Waals surface area contributed by atoms with Crippen LogP contribution in [0.15, 0.2) is 34.9 Å². The molecular weight excluding hydrogens is 297 g/mol. The summed E-state index contributed by atoms with van der Waals surface area (Å²) >= 11 is 0. The number of hydrogen-bond acceptors (Lipinski definition) is 4. The lowest BCUT2D eigenvalue weighted by Gasteiger charge is -2.10. The fourth-order valence-corrected chi connectivity index (χ4v) is 2.32. The summed E-state index contributed by atoms with van der Waals surface area (Å²) in [6.07, 6.45) is 7.83. The van der Waals surface area contributed by atoms with E-state index in [-0.39, 0.29) is 5.82 Å². The van der Waals surface area contributed by atoms with Gasteiger partial charge in [0.25, 0.3) is 0 Å². The minimum Gasteiger partial charge on any atom is -0.462 e. The molecule has 5 nitrogen and oxygen atoms in total. The molecule has 3 rings (SSSR count). The van der Waals surface area contributed by atoms with E-state index in [1.54, 1.807) is 5.43 Å². The molecule has 1 heterocycles. The number of hydrogen-bond donors (Lipinski definition) is 3. The van der Waals surface area contributed by atoms with Gasteiger partial charge < -0.3 is 9.73 Å². The van der Waals surface area contributed by atoms with Crippen LogP contribution in [0.2, 0.25) is 0 Å². The molecule has 1 saturated carbocycles. The number of amides is 1. The summed E-state index contributed by atoms with van der Waals surface area (Å²) in [6.45, 7) is 0. The van der Waals surface area contributed by atoms with E-state index in [0.29, 0.717) is 18.1 Å². The molecule has 4 N–H and O–H groups in total. The highest BCUT2D eigenvalue weighted by Crippen LogP contribution is 2.43. The molecule has 0 spiro atoms. The third kappa shape index (κ3) is 4.69. The van der Waals surface area contributed by atoms with Crippen LogP contribution < -0.4 is 16.6 Å². The first-order chi connectivity index (χ1) is 11.2. The van der Waals surface area contributed by atoms with Crippen molar-refractivity contribution in [2.75, 3.05) is 12.4 Å².